The van der Waals surface area contributed by atoms with Crippen molar-refractivity contribution in [3.05, 3.63) is 35.4 Å². The molecule has 0 aliphatic heterocycles. The second kappa shape index (κ2) is 3.59. The summed E-state index contributed by atoms with van der Waals surface area (Å²) in [5.41, 5.74) is 2.08. The second-order valence-electron chi connectivity index (χ2n) is 6.52. The third-order valence-electron chi connectivity index (χ3n) is 4.85. The first-order chi connectivity index (χ1) is 8.47. The largest absolute Gasteiger partial charge is 0.481 e. The van der Waals surface area contributed by atoms with Crippen molar-refractivity contribution in [2.75, 3.05) is 0 Å². The molecular formula is C16H20O2. The minimum atomic E-state index is -0.641. The summed E-state index contributed by atoms with van der Waals surface area (Å²) in [6, 6.07) is 8.22. The van der Waals surface area contributed by atoms with Gasteiger partial charge in [-0.2, -0.15) is 0 Å². The lowest BCUT2D eigenvalue weighted by Crippen LogP contribution is -2.49. The van der Waals surface area contributed by atoms with Gasteiger partial charge < -0.3 is 5.11 Å². The SMILES string of the molecule is CC(C)c1ccc(C2(C(=O)O)CC3(CC3)C2)cc1. The lowest BCUT2D eigenvalue weighted by molar-refractivity contribution is -0.150. The average molecular weight is 244 g/mol. The minimum Gasteiger partial charge on any atom is -0.481 e. The van der Waals surface area contributed by atoms with Crippen LogP contribution in [0.4, 0.5) is 0 Å². The van der Waals surface area contributed by atoms with Gasteiger partial charge in [-0.25, -0.2) is 0 Å². The lowest BCUT2D eigenvalue weighted by Gasteiger charge is -2.45. The van der Waals surface area contributed by atoms with Crippen molar-refractivity contribution in [1.29, 1.82) is 0 Å². The molecule has 0 aromatic heterocycles. The molecule has 2 aliphatic rings. The molecule has 0 radical (unpaired) electrons. The first kappa shape index (κ1) is 11.8. The van der Waals surface area contributed by atoms with E-state index >= 15 is 0 Å². The van der Waals surface area contributed by atoms with E-state index < -0.39 is 11.4 Å². The average Bonchev–Trinajstić information content (AvgIpc) is 3.06. The van der Waals surface area contributed by atoms with Gasteiger partial charge in [-0.15, -0.1) is 0 Å². The van der Waals surface area contributed by atoms with Gasteiger partial charge in [-0.1, -0.05) is 38.1 Å². The highest BCUT2D eigenvalue weighted by Gasteiger charge is 2.64. The molecule has 2 heteroatoms. The van der Waals surface area contributed by atoms with Gasteiger partial charge in [-0.05, 0) is 48.1 Å². The van der Waals surface area contributed by atoms with Gasteiger partial charge >= 0.3 is 5.97 Å². The molecule has 1 N–H and O–H groups in total. The van der Waals surface area contributed by atoms with E-state index in [-0.39, 0.29) is 0 Å². The van der Waals surface area contributed by atoms with Crippen LogP contribution in [0.3, 0.4) is 0 Å². The summed E-state index contributed by atoms with van der Waals surface area (Å²) >= 11 is 0. The van der Waals surface area contributed by atoms with E-state index in [0.29, 0.717) is 11.3 Å². The third-order valence-corrected chi connectivity index (χ3v) is 4.85. The molecule has 0 heterocycles. The van der Waals surface area contributed by atoms with Crippen molar-refractivity contribution < 1.29 is 9.90 Å². The van der Waals surface area contributed by atoms with Crippen molar-refractivity contribution >= 4 is 5.97 Å². The lowest BCUT2D eigenvalue weighted by atomic mass is 9.56. The molecule has 0 unspecified atom stereocenters. The van der Waals surface area contributed by atoms with E-state index in [2.05, 4.69) is 26.0 Å². The Kier molecular flexibility index (Phi) is 2.35. The zero-order valence-corrected chi connectivity index (χ0v) is 11.1. The number of carboxylic acids is 1. The molecule has 0 bridgehead atoms. The summed E-state index contributed by atoms with van der Waals surface area (Å²) < 4.78 is 0. The molecule has 1 spiro atoms. The summed E-state index contributed by atoms with van der Waals surface area (Å²) in [5.74, 6) is -0.145. The molecule has 3 rings (SSSR count). The fraction of sp³-hybridized carbons (Fsp3) is 0.562. The second-order valence-corrected chi connectivity index (χ2v) is 6.52. The van der Waals surface area contributed by atoms with Crippen molar-refractivity contribution in [3.63, 3.8) is 0 Å². The number of rotatable bonds is 3. The van der Waals surface area contributed by atoms with E-state index in [1.54, 1.807) is 0 Å². The fourth-order valence-electron chi connectivity index (χ4n) is 3.42. The number of carbonyl (C=O) groups is 1. The third kappa shape index (κ3) is 1.58. The van der Waals surface area contributed by atoms with E-state index in [0.717, 1.165) is 18.4 Å². The minimum absolute atomic E-state index is 0.398. The summed E-state index contributed by atoms with van der Waals surface area (Å²) in [7, 11) is 0. The van der Waals surface area contributed by atoms with Gasteiger partial charge in [0.15, 0.2) is 0 Å². The maximum absolute atomic E-state index is 11.6. The molecule has 2 aliphatic carbocycles. The highest BCUT2D eigenvalue weighted by molar-refractivity contribution is 5.83. The van der Waals surface area contributed by atoms with Crippen LogP contribution < -0.4 is 0 Å². The smallest absolute Gasteiger partial charge is 0.314 e. The Hall–Kier alpha value is -1.31. The maximum atomic E-state index is 11.6. The number of benzene rings is 1. The van der Waals surface area contributed by atoms with E-state index in [9.17, 15) is 9.90 Å². The maximum Gasteiger partial charge on any atom is 0.314 e. The first-order valence-corrected chi connectivity index (χ1v) is 6.81. The Bertz CT molecular complexity index is 472. The zero-order valence-electron chi connectivity index (χ0n) is 11.1. The molecule has 1 aromatic carbocycles. The summed E-state index contributed by atoms with van der Waals surface area (Å²) in [4.78, 5) is 11.6. The van der Waals surface area contributed by atoms with Crippen LogP contribution >= 0.6 is 0 Å². The Morgan fingerprint density at radius 3 is 2.11 bits per heavy atom. The van der Waals surface area contributed by atoms with Crippen LogP contribution in [-0.2, 0) is 10.2 Å². The predicted octanol–water partition coefficient (Wildman–Crippen LogP) is 3.71. The molecule has 0 amide bonds. The van der Waals surface area contributed by atoms with Gasteiger partial charge in [0.05, 0.1) is 5.41 Å². The van der Waals surface area contributed by atoms with Crippen LogP contribution in [-0.4, -0.2) is 11.1 Å². The summed E-state index contributed by atoms with van der Waals surface area (Å²) in [5, 5.41) is 9.58. The Morgan fingerprint density at radius 2 is 1.72 bits per heavy atom. The fourth-order valence-corrected chi connectivity index (χ4v) is 3.42. The molecule has 2 nitrogen and oxygen atoms in total. The first-order valence-electron chi connectivity index (χ1n) is 6.81. The van der Waals surface area contributed by atoms with Gasteiger partial charge in [0.2, 0.25) is 0 Å². The van der Waals surface area contributed by atoms with Crippen molar-refractivity contribution in [1.82, 2.24) is 0 Å². The molecule has 0 atom stereocenters. The van der Waals surface area contributed by atoms with Gasteiger partial charge in [0, 0.05) is 0 Å². The van der Waals surface area contributed by atoms with E-state index in [1.807, 2.05) is 12.1 Å². The van der Waals surface area contributed by atoms with Crippen molar-refractivity contribution in [2.45, 2.75) is 50.9 Å². The van der Waals surface area contributed by atoms with Crippen LogP contribution in [0.25, 0.3) is 0 Å². The molecule has 0 saturated heterocycles. The predicted molar refractivity (Wildman–Crippen MR) is 70.7 cm³/mol. The molecule has 2 saturated carbocycles. The molecule has 1 aromatic rings. The van der Waals surface area contributed by atoms with Crippen molar-refractivity contribution in [2.24, 2.45) is 5.41 Å². The van der Waals surface area contributed by atoms with Crippen LogP contribution in [0.2, 0.25) is 0 Å². The number of hydrogen-bond donors (Lipinski definition) is 1. The monoisotopic (exact) mass is 244 g/mol. The van der Waals surface area contributed by atoms with Crippen LogP contribution in [0.1, 0.15) is 56.6 Å². The molecule has 2 fully saturated rings. The molecule has 18 heavy (non-hydrogen) atoms. The standard InChI is InChI=1S/C16H20O2/c1-11(2)12-3-5-13(6-4-12)16(14(17)18)9-15(10-16)7-8-15/h3-6,11H,7-10H2,1-2H3,(H,17,18). The number of carboxylic acid groups (broad SMARTS) is 1. The van der Waals surface area contributed by atoms with Crippen LogP contribution in [0.5, 0.6) is 0 Å². The van der Waals surface area contributed by atoms with Gasteiger partial charge in [-0.3, -0.25) is 4.79 Å². The van der Waals surface area contributed by atoms with Crippen molar-refractivity contribution in [3.8, 4) is 0 Å². The van der Waals surface area contributed by atoms with Crippen LogP contribution in [0.15, 0.2) is 24.3 Å². The summed E-state index contributed by atoms with van der Waals surface area (Å²) in [6.07, 6.45) is 4.14. The Balaban J connectivity index is 1.89. The number of aliphatic carboxylic acids is 1. The van der Waals surface area contributed by atoms with Gasteiger partial charge in [0.25, 0.3) is 0 Å². The quantitative estimate of drug-likeness (QED) is 0.880. The van der Waals surface area contributed by atoms with E-state index in [4.69, 9.17) is 0 Å². The van der Waals surface area contributed by atoms with Crippen LogP contribution in [0, 0.1) is 5.41 Å². The highest BCUT2D eigenvalue weighted by Crippen LogP contribution is 2.69. The Morgan fingerprint density at radius 1 is 1.17 bits per heavy atom. The topological polar surface area (TPSA) is 37.3 Å². The zero-order chi connectivity index (χ0) is 13.0. The number of hydrogen-bond acceptors (Lipinski definition) is 1. The highest BCUT2D eigenvalue weighted by atomic mass is 16.4. The van der Waals surface area contributed by atoms with E-state index in [1.165, 1.54) is 18.4 Å². The molecule has 96 valence electrons. The molecular weight excluding hydrogens is 224 g/mol. The normalized spacial score (nSPS) is 22.8. The Labute approximate surface area is 108 Å². The van der Waals surface area contributed by atoms with Gasteiger partial charge in [0.1, 0.15) is 0 Å². The summed E-state index contributed by atoms with van der Waals surface area (Å²) in [6.45, 7) is 4.31.